The molecule has 0 saturated carbocycles. The van der Waals surface area contributed by atoms with E-state index in [9.17, 15) is 23.1 Å². The van der Waals surface area contributed by atoms with Crippen LogP contribution in [-0.4, -0.2) is 36.2 Å². The number of aliphatic hydroxyl groups is 1. The summed E-state index contributed by atoms with van der Waals surface area (Å²) in [5, 5.41) is 15.7. The van der Waals surface area contributed by atoms with Crippen molar-refractivity contribution in [2.75, 3.05) is 13.1 Å². The van der Waals surface area contributed by atoms with Crippen molar-refractivity contribution in [1.29, 1.82) is 0 Å². The zero-order valence-electron chi connectivity index (χ0n) is 13.9. The highest BCUT2D eigenvalue weighted by Crippen LogP contribution is 2.32. The molecule has 2 unspecified atom stereocenters. The second kappa shape index (κ2) is 7.47. The molecule has 0 aromatic heterocycles. The Morgan fingerprint density at radius 1 is 1.12 bits per heavy atom. The van der Waals surface area contributed by atoms with Crippen LogP contribution in [0.5, 0.6) is 0 Å². The minimum absolute atomic E-state index is 0.313. The molecule has 2 atom stereocenters. The molecule has 4 nitrogen and oxygen atoms in total. The fraction of sp³-hybridized carbons (Fsp3) is 0.316. The Balaban J connectivity index is 1.73. The van der Waals surface area contributed by atoms with Crippen LogP contribution < -0.4 is 10.6 Å². The summed E-state index contributed by atoms with van der Waals surface area (Å²) < 4.78 is 38.5. The number of halogens is 3. The molecule has 0 aliphatic carbocycles. The van der Waals surface area contributed by atoms with E-state index in [-0.39, 0.29) is 11.9 Å². The fourth-order valence-corrected chi connectivity index (χ4v) is 2.95. The maximum Gasteiger partial charge on any atom is 0.416 e. The van der Waals surface area contributed by atoms with Gasteiger partial charge in [0.1, 0.15) is 0 Å². The van der Waals surface area contributed by atoms with Crippen LogP contribution in [0.3, 0.4) is 0 Å². The van der Waals surface area contributed by atoms with Crippen molar-refractivity contribution >= 4 is 5.91 Å². The zero-order valence-corrected chi connectivity index (χ0v) is 13.9. The Morgan fingerprint density at radius 3 is 2.50 bits per heavy atom. The maximum absolute atomic E-state index is 12.8. The number of carbonyl (C=O) groups excluding carboxylic acids is 1. The molecule has 26 heavy (non-hydrogen) atoms. The van der Waals surface area contributed by atoms with Crippen LogP contribution in [0.15, 0.2) is 48.5 Å². The molecule has 1 aliphatic rings. The molecule has 3 rings (SSSR count). The normalized spacial score (nSPS) is 20.6. The molecule has 1 amide bonds. The summed E-state index contributed by atoms with van der Waals surface area (Å²) in [6.45, 7) is 1.15. The molecule has 138 valence electrons. The van der Waals surface area contributed by atoms with E-state index in [0.717, 1.165) is 18.7 Å². The van der Waals surface area contributed by atoms with Gasteiger partial charge in [0.05, 0.1) is 17.7 Å². The number of alkyl halides is 3. The molecule has 2 aromatic carbocycles. The van der Waals surface area contributed by atoms with Crippen LogP contribution in [0.25, 0.3) is 11.1 Å². The largest absolute Gasteiger partial charge is 0.416 e. The number of amides is 1. The average molecular weight is 364 g/mol. The maximum atomic E-state index is 12.8. The highest BCUT2D eigenvalue weighted by Gasteiger charge is 2.30. The van der Waals surface area contributed by atoms with Crippen LogP contribution in [0.1, 0.15) is 22.3 Å². The van der Waals surface area contributed by atoms with Crippen LogP contribution in [-0.2, 0) is 6.18 Å². The van der Waals surface area contributed by atoms with Gasteiger partial charge in [-0.1, -0.05) is 24.3 Å². The summed E-state index contributed by atoms with van der Waals surface area (Å²) in [6.07, 6.45) is -4.40. The summed E-state index contributed by atoms with van der Waals surface area (Å²) in [4.78, 5) is 12.3. The van der Waals surface area contributed by atoms with E-state index in [1.54, 1.807) is 30.3 Å². The minimum Gasteiger partial charge on any atom is -0.390 e. The fourth-order valence-electron chi connectivity index (χ4n) is 2.95. The van der Waals surface area contributed by atoms with E-state index in [1.165, 1.54) is 6.07 Å². The first-order chi connectivity index (χ1) is 12.3. The second-order valence-corrected chi connectivity index (χ2v) is 6.30. The van der Waals surface area contributed by atoms with Gasteiger partial charge in [0, 0.05) is 12.1 Å². The van der Waals surface area contributed by atoms with Crippen molar-refractivity contribution in [3.05, 3.63) is 59.7 Å². The van der Waals surface area contributed by atoms with Crippen molar-refractivity contribution in [2.45, 2.75) is 24.7 Å². The van der Waals surface area contributed by atoms with Crippen molar-refractivity contribution in [3.8, 4) is 11.1 Å². The topological polar surface area (TPSA) is 61.4 Å². The molecule has 1 heterocycles. The Kier molecular flexibility index (Phi) is 5.29. The number of carbonyl (C=O) groups is 1. The smallest absolute Gasteiger partial charge is 0.390 e. The SMILES string of the molecule is O=C(NC1CCNCC1O)c1ccc(-c2cccc(C(F)(F)F)c2)cc1. The number of benzene rings is 2. The third-order valence-electron chi connectivity index (χ3n) is 4.44. The first kappa shape index (κ1) is 18.4. The summed E-state index contributed by atoms with van der Waals surface area (Å²) in [5.74, 6) is -0.313. The molecule has 0 spiro atoms. The monoisotopic (exact) mass is 364 g/mol. The third kappa shape index (κ3) is 4.23. The van der Waals surface area contributed by atoms with Gasteiger partial charge in [-0.05, 0) is 48.4 Å². The van der Waals surface area contributed by atoms with Gasteiger partial charge in [-0.3, -0.25) is 4.79 Å². The third-order valence-corrected chi connectivity index (χ3v) is 4.44. The average Bonchev–Trinajstić information content (AvgIpc) is 2.63. The van der Waals surface area contributed by atoms with Gasteiger partial charge in [0.15, 0.2) is 0 Å². The predicted molar refractivity (Wildman–Crippen MR) is 91.6 cm³/mol. The quantitative estimate of drug-likeness (QED) is 0.785. The van der Waals surface area contributed by atoms with Crippen LogP contribution in [0, 0.1) is 0 Å². The second-order valence-electron chi connectivity index (χ2n) is 6.30. The lowest BCUT2D eigenvalue weighted by atomic mass is 10.0. The van der Waals surface area contributed by atoms with Gasteiger partial charge < -0.3 is 15.7 Å². The Morgan fingerprint density at radius 2 is 1.85 bits per heavy atom. The summed E-state index contributed by atoms with van der Waals surface area (Å²) >= 11 is 0. The van der Waals surface area contributed by atoms with E-state index in [0.29, 0.717) is 29.7 Å². The molecule has 2 aromatic rings. The number of piperidine rings is 1. The van der Waals surface area contributed by atoms with Crippen molar-refractivity contribution in [3.63, 3.8) is 0 Å². The van der Waals surface area contributed by atoms with Gasteiger partial charge in [0.2, 0.25) is 0 Å². The van der Waals surface area contributed by atoms with Crippen molar-refractivity contribution in [2.24, 2.45) is 0 Å². The van der Waals surface area contributed by atoms with E-state index >= 15 is 0 Å². The Hall–Kier alpha value is -2.38. The van der Waals surface area contributed by atoms with Gasteiger partial charge in [-0.25, -0.2) is 0 Å². The van der Waals surface area contributed by atoms with Gasteiger partial charge in [-0.15, -0.1) is 0 Å². The van der Waals surface area contributed by atoms with E-state index in [2.05, 4.69) is 10.6 Å². The first-order valence-corrected chi connectivity index (χ1v) is 8.32. The van der Waals surface area contributed by atoms with Crippen molar-refractivity contribution in [1.82, 2.24) is 10.6 Å². The van der Waals surface area contributed by atoms with Gasteiger partial charge in [-0.2, -0.15) is 13.2 Å². The zero-order chi connectivity index (χ0) is 18.7. The Labute approximate surface area is 149 Å². The van der Waals surface area contributed by atoms with Gasteiger partial charge in [0.25, 0.3) is 5.91 Å². The molecule has 1 fully saturated rings. The molecule has 1 saturated heterocycles. The number of hydrogen-bond donors (Lipinski definition) is 3. The predicted octanol–water partition coefficient (Wildman–Crippen LogP) is 2.83. The van der Waals surface area contributed by atoms with Crippen LogP contribution in [0.2, 0.25) is 0 Å². The lowest BCUT2D eigenvalue weighted by molar-refractivity contribution is -0.137. The van der Waals surface area contributed by atoms with E-state index < -0.39 is 17.8 Å². The van der Waals surface area contributed by atoms with Crippen molar-refractivity contribution < 1.29 is 23.1 Å². The number of nitrogens with one attached hydrogen (secondary N) is 2. The van der Waals surface area contributed by atoms with E-state index in [1.807, 2.05) is 0 Å². The number of β-amino-alcohol motifs (C(OH)–C–C–N with tert-alkyl or cyclic N) is 1. The highest BCUT2D eigenvalue weighted by molar-refractivity contribution is 5.95. The molecule has 1 aliphatic heterocycles. The standard InChI is InChI=1S/C19H19F3N2O2/c20-19(21,22)15-3-1-2-14(10-15)12-4-6-13(7-5-12)18(26)24-16-8-9-23-11-17(16)25/h1-7,10,16-17,23,25H,8-9,11H2,(H,24,26). The molecular formula is C19H19F3N2O2. The van der Waals surface area contributed by atoms with E-state index in [4.69, 9.17) is 0 Å². The summed E-state index contributed by atoms with van der Waals surface area (Å²) in [6, 6.07) is 11.1. The number of hydrogen-bond acceptors (Lipinski definition) is 3. The van der Waals surface area contributed by atoms with Crippen LogP contribution >= 0.6 is 0 Å². The number of aliphatic hydroxyl groups excluding tert-OH is 1. The first-order valence-electron chi connectivity index (χ1n) is 8.32. The highest BCUT2D eigenvalue weighted by atomic mass is 19.4. The van der Waals surface area contributed by atoms with Gasteiger partial charge >= 0.3 is 6.18 Å². The summed E-state index contributed by atoms with van der Waals surface area (Å²) in [7, 11) is 0. The molecule has 3 N–H and O–H groups in total. The number of rotatable bonds is 3. The lowest BCUT2D eigenvalue weighted by Crippen LogP contribution is -2.52. The lowest BCUT2D eigenvalue weighted by Gasteiger charge is -2.29. The Bertz CT molecular complexity index is 775. The van der Waals surface area contributed by atoms with Crippen LogP contribution in [0.4, 0.5) is 13.2 Å². The minimum atomic E-state index is -4.40. The molecule has 0 radical (unpaired) electrons. The summed E-state index contributed by atoms with van der Waals surface area (Å²) in [5.41, 5.74) is 0.707. The molecule has 0 bridgehead atoms. The molecule has 7 heteroatoms. The molecular weight excluding hydrogens is 345 g/mol.